The maximum atomic E-state index is 6.22. The van der Waals surface area contributed by atoms with Crippen molar-refractivity contribution in [3.63, 3.8) is 0 Å². The van der Waals surface area contributed by atoms with Crippen molar-refractivity contribution in [1.29, 1.82) is 0 Å². The highest BCUT2D eigenvalue weighted by Gasteiger charge is 2.21. The minimum atomic E-state index is 0.672. The van der Waals surface area contributed by atoms with Gasteiger partial charge in [-0.15, -0.1) is 11.3 Å². The van der Waals surface area contributed by atoms with Gasteiger partial charge in [-0.1, -0.05) is 6.42 Å². The SMILES string of the molecule is Cc1nc(Oc2ccc(-n3cncn3)cc2)c2c3c(sc2n1)CCCCC3. The summed E-state index contributed by atoms with van der Waals surface area (Å²) in [4.78, 5) is 15.8. The molecule has 7 heteroatoms. The average molecular weight is 377 g/mol. The van der Waals surface area contributed by atoms with Crippen molar-refractivity contribution in [3.8, 4) is 17.3 Å². The second-order valence-corrected chi connectivity index (χ2v) is 7.84. The van der Waals surface area contributed by atoms with Crippen LogP contribution in [0.5, 0.6) is 11.6 Å². The molecule has 3 heterocycles. The molecule has 136 valence electrons. The second kappa shape index (κ2) is 6.74. The van der Waals surface area contributed by atoms with Gasteiger partial charge in [-0.25, -0.2) is 14.6 Å². The van der Waals surface area contributed by atoms with Crippen molar-refractivity contribution in [2.45, 2.75) is 39.0 Å². The van der Waals surface area contributed by atoms with Crippen LogP contribution in [0, 0.1) is 6.92 Å². The van der Waals surface area contributed by atoms with Crippen molar-refractivity contribution in [1.82, 2.24) is 24.7 Å². The molecule has 3 aromatic heterocycles. The lowest BCUT2D eigenvalue weighted by Crippen LogP contribution is -1.97. The molecule has 0 bridgehead atoms. The third-order valence-electron chi connectivity index (χ3n) is 4.88. The summed E-state index contributed by atoms with van der Waals surface area (Å²) in [5.41, 5.74) is 2.33. The first-order valence-corrected chi connectivity index (χ1v) is 10.0. The van der Waals surface area contributed by atoms with E-state index in [9.17, 15) is 0 Å². The van der Waals surface area contributed by atoms with E-state index in [1.54, 1.807) is 22.3 Å². The Labute approximate surface area is 160 Å². The Hall–Kier alpha value is -2.80. The summed E-state index contributed by atoms with van der Waals surface area (Å²) in [6.07, 6.45) is 9.19. The molecule has 0 N–H and O–H groups in total. The number of fused-ring (bicyclic) bond motifs is 3. The van der Waals surface area contributed by atoms with Crippen LogP contribution in [-0.4, -0.2) is 24.7 Å². The van der Waals surface area contributed by atoms with Gasteiger partial charge in [-0.05, 0) is 62.4 Å². The minimum Gasteiger partial charge on any atom is -0.438 e. The summed E-state index contributed by atoms with van der Waals surface area (Å²) in [6.45, 7) is 1.92. The molecule has 0 aliphatic heterocycles. The van der Waals surface area contributed by atoms with Gasteiger partial charge < -0.3 is 4.74 Å². The normalized spacial score (nSPS) is 14.1. The number of hydrogen-bond acceptors (Lipinski definition) is 6. The lowest BCUT2D eigenvalue weighted by atomic mass is 10.1. The summed E-state index contributed by atoms with van der Waals surface area (Å²) in [5.74, 6) is 2.17. The second-order valence-electron chi connectivity index (χ2n) is 6.76. The molecule has 6 nitrogen and oxygen atoms in total. The van der Waals surface area contributed by atoms with Crippen molar-refractivity contribution in [2.75, 3.05) is 0 Å². The molecule has 0 amide bonds. The zero-order chi connectivity index (χ0) is 18.2. The topological polar surface area (TPSA) is 65.7 Å². The summed E-state index contributed by atoms with van der Waals surface area (Å²) < 4.78 is 7.94. The van der Waals surface area contributed by atoms with E-state index in [-0.39, 0.29) is 0 Å². The Morgan fingerprint density at radius 2 is 1.89 bits per heavy atom. The minimum absolute atomic E-state index is 0.672. The number of benzene rings is 1. The predicted octanol–water partition coefficient (Wildman–Crippen LogP) is 4.64. The van der Waals surface area contributed by atoms with Crippen LogP contribution in [0.2, 0.25) is 0 Å². The Bertz CT molecular complexity index is 1090. The highest BCUT2D eigenvalue weighted by Crippen LogP contribution is 2.40. The lowest BCUT2D eigenvalue weighted by molar-refractivity contribution is 0.466. The average Bonchev–Trinajstić information content (AvgIpc) is 3.25. The van der Waals surface area contributed by atoms with E-state index in [1.807, 2.05) is 31.2 Å². The Balaban J connectivity index is 1.53. The maximum absolute atomic E-state index is 6.22. The maximum Gasteiger partial charge on any atom is 0.231 e. The van der Waals surface area contributed by atoms with Gasteiger partial charge in [0.25, 0.3) is 0 Å². The fourth-order valence-electron chi connectivity index (χ4n) is 3.60. The molecule has 1 aromatic carbocycles. The van der Waals surface area contributed by atoms with E-state index < -0.39 is 0 Å². The molecule has 0 atom stereocenters. The largest absolute Gasteiger partial charge is 0.438 e. The van der Waals surface area contributed by atoms with Crippen LogP contribution in [0.3, 0.4) is 0 Å². The smallest absolute Gasteiger partial charge is 0.231 e. The monoisotopic (exact) mass is 377 g/mol. The van der Waals surface area contributed by atoms with E-state index in [0.717, 1.165) is 40.3 Å². The Morgan fingerprint density at radius 1 is 1.04 bits per heavy atom. The van der Waals surface area contributed by atoms with E-state index in [1.165, 1.54) is 36.0 Å². The number of thiophene rings is 1. The number of aryl methyl sites for hydroxylation is 3. The quantitative estimate of drug-likeness (QED) is 0.487. The molecule has 0 saturated heterocycles. The van der Waals surface area contributed by atoms with Gasteiger partial charge in [0.1, 0.15) is 29.1 Å². The van der Waals surface area contributed by atoms with Crippen molar-refractivity contribution in [3.05, 3.63) is 53.2 Å². The molecule has 0 spiro atoms. The Morgan fingerprint density at radius 3 is 2.70 bits per heavy atom. The lowest BCUT2D eigenvalue weighted by Gasteiger charge is -2.09. The van der Waals surface area contributed by atoms with E-state index >= 15 is 0 Å². The number of ether oxygens (including phenoxy) is 1. The molecule has 5 rings (SSSR count). The fraction of sp³-hybridized carbons (Fsp3) is 0.300. The summed E-state index contributed by atoms with van der Waals surface area (Å²) in [6, 6.07) is 7.80. The van der Waals surface area contributed by atoms with Gasteiger partial charge in [0.15, 0.2) is 0 Å². The molecular weight excluding hydrogens is 358 g/mol. The number of aromatic nitrogens is 5. The summed E-state index contributed by atoms with van der Waals surface area (Å²) in [5, 5.41) is 5.25. The van der Waals surface area contributed by atoms with Crippen LogP contribution in [-0.2, 0) is 12.8 Å². The molecule has 0 radical (unpaired) electrons. The predicted molar refractivity (Wildman–Crippen MR) is 105 cm³/mol. The van der Waals surface area contributed by atoms with Gasteiger partial charge in [-0.3, -0.25) is 0 Å². The first kappa shape index (κ1) is 16.4. The van der Waals surface area contributed by atoms with Gasteiger partial charge in [0.2, 0.25) is 5.88 Å². The van der Waals surface area contributed by atoms with E-state index in [2.05, 4.69) is 20.1 Å². The van der Waals surface area contributed by atoms with Crippen LogP contribution < -0.4 is 4.74 Å². The highest BCUT2D eigenvalue weighted by molar-refractivity contribution is 7.18. The van der Waals surface area contributed by atoms with Crippen LogP contribution in [0.15, 0.2) is 36.9 Å². The van der Waals surface area contributed by atoms with Crippen LogP contribution in [0.25, 0.3) is 15.9 Å². The van der Waals surface area contributed by atoms with Gasteiger partial charge in [0, 0.05) is 4.88 Å². The van der Waals surface area contributed by atoms with E-state index in [0.29, 0.717) is 5.88 Å². The Kier molecular flexibility index (Phi) is 4.09. The molecule has 1 aliphatic carbocycles. The third kappa shape index (κ3) is 3.08. The first-order valence-electron chi connectivity index (χ1n) is 9.20. The highest BCUT2D eigenvalue weighted by atomic mass is 32.1. The standard InChI is InChI=1S/C20H19N5OS/c1-13-23-19(18-16-5-3-2-4-6-17(16)27-20(18)24-13)26-15-9-7-14(8-10-15)25-12-21-11-22-25/h7-12H,2-6H2,1H3. The van der Waals surface area contributed by atoms with Crippen molar-refractivity contribution < 1.29 is 4.74 Å². The van der Waals surface area contributed by atoms with E-state index in [4.69, 9.17) is 4.74 Å². The molecule has 0 saturated carbocycles. The number of rotatable bonds is 3. The zero-order valence-electron chi connectivity index (χ0n) is 15.1. The zero-order valence-corrected chi connectivity index (χ0v) is 15.9. The molecule has 0 unspecified atom stereocenters. The third-order valence-corrected chi connectivity index (χ3v) is 6.06. The van der Waals surface area contributed by atoms with Crippen LogP contribution >= 0.6 is 11.3 Å². The van der Waals surface area contributed by atoms with Crippen molar-refractivity contribution in [2.24, 2.45) is 0 Å². The van der Waals surface area contributed by atoms with Crippen LogP contribution in [0.4, 0.5) is 0 Å². The summed E-state index contributed by atoms with van der Waals surface area (Å²) in [7, 11) is 0. The molecule has 4 aromatic rings. The van der Waals surface area contributed by atoms with Gasteiger partial charge in [0.05, 0.1) is 11.1 Å². The van der Waals surface area contributed by atoms with Crippen molar-refractivity contribution >= 4 is 21.6 Å². The molecule has 27 heavy (non-hydrogen) atoms. The first-order chi connectivity index (χ1) is 13.3. The fourth-order valence-corrected chi connectivity index (χ4v) is 4.89. The summed E-state index contributed by atoms with van der Waals surface area (Å²) >= 11 is 1.80. The molecular formula is C20H19N5OS. The van der Waals surface area contributed by atoms with Gasteiger partial charge >= 0.3 is 0 Å². The number of nitrogens with zero attached hydrogens (tertiary/aromatic N) is 5. The number of hydrogen-bond donors (Lipinski definition) is 0. The molecule has 1 aliphatic rings. The molecule has 0 fully saturated rings. The van der Waals surface area contributed by atoms with Crippen LogP contribution in [0.1, 0.15) is 35.5 Å². The van der Waals surface area contributed by atoms with Gasteiger partial charge in [-0.2, -0.15) is 10.1 Å².